The van der Waals surface area contributed by atoms with Gasteiger partial charge in [0.2, 0.25) is 0 Å². The van der Waals surface area contributed by atoms with Crippen LogP contribution in [0.25, 0.3) is 10.2 Å². The smallest absolute Gasteiger partial charge is 0.346 e. The summed E-state index contributed by atoms with van der Waals surface area (Å²) in [6, 6.07) is 0. The maximum Gasteiger partial charge on any atom is 0.346 e. The quantitative estimate of drug-likeness (QED) is 0.380. The van der Waals surface area contributed by atoms with Gasteiger partial charge < -0.3 is 5.11 Å². The SMILES string of the molecule is C=CCCCSc1ncnc2sc(C(=O)O)c(C)c12. The molecular weight excluding hydrogens is 280 g/mol. The van der Waals surface area contributed by atoms with Crippen molar-refractivity contribution in [2.75, 3.05) is 5.75 Å². The van der Waals surface area contributed by atoms with Crippen LogP contribution in [0.5, 0.6) is 0 Å². The van der Waals surface area contributed by atoms with Crippen molar-refractivity contribution in [3.63, 3.8) is 0 Å². The van der Waals surface area contributed by atoms with Crippen LogP contribution in [0, 0.1) is 6.92 Å². The Kier molecular flexibility index (Phi) is 4.55. The fourth-order valence-corrected chi connectivity index (χ4v) is 3.82. The molecule has 0 amide bonds. The topological polar surface area (TPSA) is 63.1 Å². The normalized spacial score (nSPS) is 10.8. The van der Waals surface area contributed by atoms with Crippen LogP contribution in [0.3, 0.4) is 0 Å². The lowest BCUT2D eigenvalue weighted by Crippen LogP contribution is -1.94. The van der Waals surface area contributed by atoms with E-state index >= 15 is 0 Å². The molecule has 0 fully saturated rings. The van der Waals surface area contributed by atoms with Gasteiger partial charge in [-0.15, -0.1) is 29.7 Å². The summed E-state index contributed by atoms with van der Waals surface area (Å²) >= 11 is 2.85. The van der Waals surface area contributed by atoms with Gasteiger partial charge in [0.25, 0.3) is 0 Å². The third-order valence-electron chi connectivity index (χ3n) is 2.68. The standard InChI is InChI=1S/C13H14N2O2S2/c1-3-4-5-6-18-11-9-8(2)10(13(16)17)19-12(9)15-7-14-11/h3,7H,1,4-6H2,2H3,(H,16,17). The number of allylic oxidation sites excluding steroid dienone is 1. The average Bonchev–Trinajstić information content (AvgIpc) is 2.73. The molecule has 0 aromatic carbocycles. The van der Waals surface area contributed by atoms with Crippen LogP contribution in [0.15, 0.2) is 24.0 Å². The second kappa shape index (κ2) is 6.16. The predicted octanol–water partition coefficient (Wildman–Crippen LogP) is 3.76. The number of aryl methyl sites for hydroxylation is 1. The highest BCUT2D eigenvalue weighted by Gasteiger charge is 2.18. The van der Waals surface area contributed by atoms with Crippen molar-refractivity contribution in [1.82, 2.24) is 9.97 Å². The van der Waals surface area contributed by atoms with Crippen LogP contribution in [-0.4, -0.2) is 26.8 Å². The summed E-state index contributed by atoms with van der Waals surface area (Å²) in [4.78, 5) is 20.7. The van der Waals surface area contributed by atoms with Gasteiger partial charge in [-0.2, -0.15) is 0 Å². The van der Waals surface area contributed by atoms with Crippen molar-refractivity contribution >= 4 is 39.3 Å². The molecule has 2 heterocycles. The van der Waals surface area contributed by atoms with Crippen molar-refractivity contribution in [1.29, 1.82) is 0 Å². The van der Waals surface area contributed by atoms with Gasteiger partial charge in [0.1, 0.15) is 21.1 Å². The van der Waals surface area contributed by atoms with Crippen molar-refractivity contribution in [2.45, 2.75) is 24.8 Å². The Morgan fingerprint density at radius 2 is 2.37 bits per heavy atom. The molecule has 0 aliphatic rings. The third kappa shape index (κ3) is 2.96. The first-order valence-electron chi connectivity index (χ1n) is 5.86. The molecule has 0 bridgehead atoms. The van der Waals surface area contributed by atoms with E-state index in [4.69, 9.17) is 5.11 Å². The molecule has 0 saturated carbocycles. The summed E-state index contributed by atoms with van der Waals surface area (Å²) in [6.07, 6.45) is 5.41. The molecule has 2 rings (SSSR count). The molecule has 1 N–H and O–H groups in total. The van der Waals surface area contributed by atoms with E-state index in [9.17, 15) is 4.79 Å². The van der Waals surface area contributed by atoms with Crippen LogP contribution in [-0.2, 0) is 0 Å². The molecule has 0 radical (unpaired) electrons. The first kappa shape index (κ1) is 14.0. The molecule has 0 saturated heterocycles. The van der Waals surface area contributed by atoms with E-state index in [1.54, 1.807) is 11.8 Å². The zero-order chi connectivity index (χ0) is 13.8. The minimum Gasteiger partial charge on any atom is -0.477 e. The van der Waals surface area contributed by atoms with E-state index in [2.05, 4.69) is 16.5 Å². The number of carboxylic acid groups (broad SMARTS) is 1. The monoisotopic (exact) mass is 294 g/mol. The van der Waals surface area contributed by atoms with Gasteiger partial charge in [-0.05, 0) is 31.1 Å². The number of aromatic carboxylic acids is 1. The van der Waals surface area contributed by atoms with Gasteiger partial charge >= 0.3 is 5.97 Å². The molecule has 2 aromatic rings. The minimum absolute atomic E-state index is 0.350. The molecule has 0 aliphatic carbocycles. The fraction of sp³-hybridized carbons (Fsp3) is 0.308. The van der Waals surface area contributed by atoms with E-state index in [0.717, 1.165) is 39.4 Å². The van der Waals surface area contributed by atoms with Crippen molar-refractivity contribution in [3.8, 4) is 0 Å². The zero-order valence-corrected chi connectivity index (χ0v) is 12.2. The Morgan fingerprint density at radius 3 is 3.05 bits per heavy atom. The number of unbranched alkanes of at least 4 members (excludes halogenated alkanes) is 1. The number of aromatic nitrogens is 2. The van der Waals surface area contributed by atoms with Crippen molar-refractivity contribution < 1.29 is 9.90 Å². The summed E-state index contributed by atoms with van der Waals surface area (Å²) in [5.74, 6) is 0.0404. The van der Waals surface area contributed by atoms with Crippen LogP contribution in [0.4, 0.5) is 0 Å². The molecule has 4 nitrogen and oxygen atoms in total. The first-order chi connectivity index (χ1) is 9.15. The fourth-order valence-electron chi connectivity index (χ4n) is 1.75. The van der Waals surface area contributed by atoms with Gasteiger partial charge in [0.05, 0.1) is 0 Å². The van der Waals surface area contributed by atoms with E-state index in [0.29, 0.717) is 4.88 Å². The molecule has 0 aliphatic heterocycles. The van der Waals surface area contributed by atoms with Crippen molar-refractivity contribution in [2.24, 2.45) is 0 Å². The maximum atomic E-state index is 11.1. The number of thiophene rings is 1. The lowest BCUT2D eigenvalue weighted by molar-refractivity contribution is 0.0701. The number of fused-ring (bicyclic) bond motifs is 1. The molecule has 100 valence electrons. The van der Waals surface area contributed by atoms with Gasteiger partial charge in [-0.25, -0.2) is 14.8 Å². The van der Waals surface area contributed by atoms with E-state index < -0.39 is 5.97 Å². The number of rotatable bonds is 6. The van der Waals surface area contributed by atoms with Crippen LogP contribution < -0.4 is 0 Å². The number of nitrogens with zero attached hydrogens (tertiary/aromatic N) is 2. The summed E-state index contributed by atoms with van der Waals surface area (Å²) < 4.78 is 0. The Morgan fingerprint density at radius 1 is 1.58 bits per heavy atom. The second-order valence-corrected chi connectivity index (χ2v) is 6.08. The number of thioether (sulfide) groups is 1. The first-order valence-corrected chi connectivity index (χ1v) is 7.66. The summed E-state index contributed by atoms with van der Waals surface area (Å²) in [6.45, 7) is 5.51. The number of hydrogen-bond acceptors (Lipinski definition) is 5. The molecular formula is C13H14N2O2S2. The number of carboxylic acids is 1. The number of hydrogen-bond donors (Lipinski definition) is 1. The van der Waals surface area contributed by atoms with Crippen molar-refractivity contribution in [3.05, 3.63) is 29.4 Å². The molecule has 6 heteroatoms. The lowest BCUT2D eigenvalue weighted by atomic mass is 10.2. The van der Waals surface area contributed by atoms with Gasteiger partial charge in [0.15, 0.2) is 0 Å². The summed E-state index contributed by atoms with van der Waals surface area (Å²) in [5.41, 5.74) is 0.763. The van der Waals surface area contributed by atoms with Crippen LogP contribution in [0.2, 0.25) is 0 Å². The average molecular weight is 294 g/mol. The molecule has 2 aromatic heterocycles. The van der Waals surface area contributed by atoms with Gasteiger partial charge in [-0.3, -0.25) is 0 Å². The molecule has 19 heavy (non-hydrogen) atoms. The maximum absolute atomic E-state index is 11.1. The van der Waals surface area contributed by atoms with Crippen LogP contribution in [0.1, 0.15) is 28.1 Å². The summed E-state index contributed by atoms with van der Waals surface area (Å²) in [5, 5.41) is 10.9. The van der Waals surface area contributed by atoms with Gasteiger partial charge in [0, 0.05) is 5.39 Å². The minimum atomic E-state index is -0.900. The predicted molar refractivity (Wildman–Crippen MR) is 79.3 cm³/mol. The summed E-state index contributed by atoms with van der Waals surface area (Å²) in [7, 11) is 0. The lowest BCUT2D eigenvalue weighted by Gasteiger charge is -2.02. The number of carbonyl (C=O) groups is 1. The zero-order valence-electron chi connectivity index (χ0n) is 10.5. The van der Waals surface area contributed by atoms with Crippen LogP contribution >= 0.6 is 23.1 Å². The highest BCUT2D eigenvalue weighted by Crippen LogP contribution is 2.35. The van der Waals surface area contributed by atoms with Gasteiger partial charge in [-0.1, -0.05) is 6.08 Å². The van der Waals surface area contributed by atoms with E-state index in [-0.39, 0.29) is 0 Å². The second-order valence-electron chi connectivity index (χ2n) is 4.00. The third-order valence-corrected chi connectivity index (χ3v) is 4.94. The molecule has 0 atom stereocenters. The highest BCUT2D eigenvalue weighted by molar-refractivity contribution is 7.99. The Bertz CT molecular complexity index is 622. The Balaban J connectivity index is 2.33. The molecule has 0 unspecified atom stereocenters. The largest absolute Gasteiger partial charge is 0.477 e. The van der Waals surface area contributed by atoms with E-state index in [1.807, 2.05) is 13.0 Å². The van der Waals surface area contributed by atoms with E-state index in [1.165, 1.54) is 17.7 Å². The highest BCUT2D eigenvalue weighted by atomic mass is 32.2. The Labute approximate surface area is 119 Å². The Hall–Kier alpha value is -1.40. The molecule has 0 spiro atoms.